The van der Waals surface area contributed by atoms with Gasteiger partial charge in [-0.15, -0.1) is 0 Å². The van der Waals surface area contributed by atoms with Crippen LogP contribution in [0.15, 0.2) is 164 Å². The van der Waals surface area contributed by atoms with E-state index in [-0.39, 0.29) is 0 Å². The Labute approximate surface area is 304 Å². The van der Waals surface area contributed by atoms with Gasteiger partial charge in [0.15, 0.2) is 0 Å². The minimum atomic E-state index is 1.07. The van der Waals surface area contributed by atoms with Gasteiger partial charge in [-0.25, -0.2) is 0 Å². The quantitative estimate of drug-likeness (QED) is 0.173. The Bertz CT molecular complexity index is 2840. The van der Waals surface area contributed by atoms with E-state index >= 15 is 0 Å². The van der Waals surface area contributed by atoms with Gasteiger partial charge in [0, 0.05) is 33.2 Å². The van der Waals surface area contributed by atoms with Crippen LogP contribution in [0, 0.1) is 13.8 Å². The highest BCUT2D eigenvalue weighted by Crippen LogP contribution is 2.39. The van der Waals surface area contributed by atoms with Gasteiger partial charge in [0.2, 0.25) is 0 Å². The number of fused-ring (bicyclic) bond motifs is 6. The molecule has 0 atom stereocenters. The van der Waals surface area contributed by atoms with E-state index in [0.717, 1.165) is 18.5 Å². The summed E-state index contributed by atoms with van der Waals surface area (Å²) in [6.45, 7) is 4.39. The number of allylic oxidation sites excluding steroid dienone is 1. The average Bonchev–Trinajstić information content (AvgIpc) is 3.71. The molecule has 0 unspecified atom stereocenters. The second-order valence-corrected chi connectivity index (χ2v) is 14.2. The van der Waals surface area contributed by atoms with Crippen molar-refractivity contribution < 1.29 is 0 Å². The number of hydrogen-bond acceptors (Lipinski definition) is 0. The average molecular weight is 667 g/mol. The van der Waals surface area contributed by atoms with Gasteiger partial charge >= 0.3 is 0 Å². The van der Waals surface area contributed by atoms with E-state index in [1.165, 1.54) is 94.2 Å². The molecule has 0 fully saturated rings. The van der Waals surface area contributed by atoms with Gasteiger partial charge in [0.1, 0.15) is 0 Å². The summed E-state index contributed by atoms with van der Waals surface area (Å²) >= 11 is 0. The first-order valence-corrected chi connectivity index (χ1v) is 18.3. The molecule has 0 saturated heterocycles. The van der Waals surface area contributed by atoms with Gasteiger partial charge in [0.25, 0.3) is 0 Å². The van der Waals surface area contributed by atoms with E-state index in [9.17, 15) is 0 Å². The second kappa shape index (κ2) is 12.1. The monoisotopic (exact) mass is 666 g/mol. The van der Waals surface area contributed by atoms with Crippen LogP contribution in [0.4, 0.5) is 0 Å². The summed E-state index contributed by atoms with van der Waals surface area (Å²) in [6.07, 6.45) is 6.78. The van der Waals surface area contributed by atoms with Crippen molar-refractivity contribution in [1.82, 2.24) is 9.13 Å². The van der Waals surface area contributed by atoms with Crippen molar-refractivity contribution in [3.8, 4) is 44.8 Å². The van der Waals surface area contributed by atoms with Crippen LogP contribution in [-0.4, -0.2) is 9.13 Å². The Morgan fingerprint density at radius 1 is 0.423 bits per heavy atom. The molecule has 0 amide bonds. The van der Waals surface area contributed by atoms with Crippen molar-refractivity contribution in [2.75, 3.05) is 0 Å². The van der Waals surface area contributed by atoms with Crippen LogP contribution in [0.25, 0.3) is 83.5 Å². The maximum Gasteiger partial charge on any atom is 0.0541 e. The molecule has 10 rings (SSSR count). The molecular formula is C50H38N2. The fourth-order valence-corrected chi connectivity index (χ4v) is 8.50. The molecule has 0 bridgehead atoms. The van der Waals surface area contributed by atoms with Crippen molar-refractivity contribution in [2.24, 2.45) is 0 Å². The predicted octanol–water partition coefficient (Wildman–Crippen LogP) is 13.3. The van der Waals surface area contributed by atoms with Crippen LogP contribution in [0.3, 0.4) is 0 Å². The lowest BCUT2D eigenvalue weighted by Crippen LogP contribution is -2.00. The summed E-state index contributed by atoms with van der Waals surface area (Å²) in [4.78, 5) is 0. The van der Waals surface area contributed by atoms with E-state index in [1.807, 2.05) is 0 Å². The molecule has 7 aromatic carbocycles. The molecule has 52 heavy (non-hydrogen) atoms. The van der Waals surface area contributed by atoms with Crippen LogP contribution < -0.4 is 0 Å². The first-order valence-electron chi connectivity index (χ1n) is 18.3. The lowest BCUT2D eigenvalue weighted by atomic mass is 9.96. The minimum Gasteiger partial charge on any atom is -0.310 e. The first-order chi connectivity index (χ1) is 25.6. The summed E-state index contributed by atoms with van der Waals surface area (Å²) in [5, 5.41) is 3.90. The summed E-state index contributed by atoms with van der Waals surface area (Å²) in [5.41, 5.74) is 19.0. The van der Waals surface area contributed by atoms with Gasteiger partial charge in [0.05, 0.1) is 16.6 Å². The highest BCUT2D eigenvalue weighted by atomic mass is 15.0. The lowest BCUT2D eigenvalue weighted by molar-refractivity contribution is 0.967. The fraction of sp³-hybridized carbons (Fsp3) is 0.0800. The number of aromatic nitrogens is 2. The van der Waals surface area contributed by atoms with Crippen LogP contribution >= 0.6 is 0 Å². The maximum atomic E-state index is 2.45. The van der Waals surface area contributed by atoms with Crippen LogP contribution in [0.2, 0.25) is 0 Å². The fourth-order valence-electron chi connectivity index (χ4n) is 8.50. The maximum absolute atomic E-state index is 2.45. The number of hydrogen-bond donors (Lipinski definition) is 0. The predicted molar refractivity (Wildman–Crippen MR) is 221 cm³/mol. The van der Waals surface area contributed by atoms with E-state index < -0.39 is 0 Å². The molecule has 0 N–H and O–H groups in total. The number of para-hydroxylation sites is 1. The van der Waals surface area contributed by atoms with Crippen molar-refractivity contribution in [3.63, 3.8) is 0 Å². The van der Waals surface area contributed by atoms with Crippen molar-refractivity contribution in [1.29, 1.82) is 0 Å². The molecule has 1 aliphatic carbocycles. The summed E-state index contributed by atoms with van der Waals surface area (Å²) in [7, 11) is 0. The molecule has 0 saturated carbocycles. The van der Waals surface area contributed by atoms with Gasteiger partial charge in [-0.1, -0.05) is 109 Å². The van der Waals surface area contributed by atoms with Crippen molar-refractivity contribution in [2.45, 2.75) is 26.7 Å². The summed E-state index contributed by atoms with van der Waals surface area (Å²) in [5.74, 6) is 0. The number of aryl methyl sites for hydroxylation is 3. The Morgan fingerprint density at radius 3 is 1.56 bits per heavy atom. The Morgan fingerprint density at radius 2 is 0.923 bits per heavy atom. The lowest BCUT2D eigenvalue weighted by Gasteiger charge is -2.13. The van der Waals surface area contributed by atoms with E-state index in [2.05, 4.69) is 193 Å². The highest BCUT2D eigenvalue weighted by Gasteiger charge is 2.20. The molecule has 2 heteroatoms. The zero-order chi connectivity index (χ0) is 34.8. The largest absolute Gasteiger partial charge is 0.310 e. The van der Waals surface area contributed by atoms with Gasteiger partial charge < -0.3 is 9.13 Å². The first kappa shape index (κ1) is 30.4. The smallest absolute Gasteiger partial charge is 0.0541 e. The molecule has 9 aromatic rings. The second-order valence-electron chi connectivity index (χ2n) is 14.2. The van der Waals surface area contributed by atoms with E-state index in [0.29, 0.717) is 0 Å². The zero-order valence-corrected chi connectivity index (χ0v) is 29.5. The summed E-state index contributed by atoms with van der Waals surface area (Å²) in [6, 6.07) is 58.1. The van der Waals surface area contributed by atoms with Crippen LogP contribution in [0.1, 0.15) is 28.8 Å². The molecule has 0 spiro atoms. The molecule has 2 aromatic heterocycles. The van der Waals surface area contributed by atoms with Gasteiger partial charge in [-0.2, -0.15) is 0 Å². The molecule has 1 aliphatic rings. The third kappa shape index (κ3) is 4.86. The molecule has 0 aliphatic heterocycles. The molecule has 2 nitrogen and oxygen atoms in total. The van der Waals surface area contributed by atoms with E-state index in [4.69, 9.17) is 0 Å². The topological polar surface area (TPSA) is 9.86 Å². The Kier molecular flexibility index (Phi) is 7.11. The van der Waals surface area contributed by atoms with Crippen LogP contribution in [-0.2, 0) is 6.42 Å². The van der Waals surface area contributed by atoms with E-state index in [1.54, 1.807) is 0 Å². The van der Waals surface area contributed by atoms with Gasteiger partial charge in [-0.05, 0) is 137 Å². The highest BCUT2D eigenvalue weighted by molar-refractivity contribution is 6.10. The zero-order valence-electron chi connectivity index (χ0n) is 29.5. The molecular weight excluding hydrogens is 629 g/mol. The SMILES string of the molecule is Cc1ccccc1-c1ccc2c(c1)c1c(n2-c2ccc(-c3ccc(-n4c5ccccc5c5cc(-c6ccccc6C)ccc54)cc3)cc2)C=CCC1. The number of rotatable bonds is 5. The Hall–Kier alpha value is -6.38. The van der Waals surface area contributed by atoms with Crippen molar-refractivity contribution in [3.05, 3.63) is 186 Å². The molecule has 248 valence electrons. The van der Waals surface area contributed by atoms with Crippen LogP contribution in [0.5, 0.6) is 0 Å². The number of nitrogens with zero attached hydrogens (tertiary/aromatic N) is 2. The summed E-state index contributed by atoms with van der Waals surface area (Å²) < 4.78 is 4.85. The van der Waals surface area contributed by atoms with Gasteiger partial charge in [-0.3, -0.25) is 0 Å². The normalized spacial score (nSPS) is 12.6. The molecule has 2 heterocycles. The third-order valence-electron chi connectivity index (χ3n) is 11.1. The standard InChI is InChI=1S/C50H38N2/c1-33-11-3-5-13-41(33)37-23-29-49-45(31-37)43-15-7-9-17-47(43)51(49)39-25-19-35(20-26-39)36-21-27-40(28-22-36)52-48-18-10-8-16-44(48)46-32-38(24-30-50(46)52)42-14-6-4-12-34(42)2/h3-7,9-15,17-32H,8,16H2,1-2H3. The Balaban J connectivity index is 1.01. The third-order valence-corrected chi connectivity index (χ3v) is 11.1. The minimum absolute atomic E-state index is 1.07. The molecule has 0 radical (unpaired) electrons. The van der Waals surface area contributed by atoms with Crippen molar-refractivity contribution >= 4 is 38.8 Å². The number of benzene rings is 7.